The Labute approximate surface area is 93.5 Å². The summed E-state index contributed by atoms with van der Waals surface area (Å²) in [5, 5.41) is 0. The first kappa shape index (κ1) is 9.69. The Morgan fingerprint density at radius 2 is 1.93 bits per heavy atom. The first-order valence-electron chi connectivity index (χ1n) is 6.36. The molecule has 0 aliphatic heterocycles. The molecule has 1 fully saturated rings. The third-order valence-electron chi connectivity index (χ3n) is 5.72. The van der Waals surface area contributed by atoms with Crippen LogP contribution in [0, 0.1) is 28.6 Å². The Kier molecular flexibility index (Phi) is 1.67. The van der Waals surface area contributed by atoms with Gasteiger partial charge >= 0.3 is 0 Å². The molecule has 0 heteroatoms. The van der Waals surface area contributed by atoms with E-state index in [1.54, 1.807) is 5.57 Å². The van der Waals surface area contributed by atoms with Gasteiger partial charge in [-0.2, -0.15) is 0 Å². The summed E-state index contributed by atoms with van der Waals surface area (Å²) in [4.78, 5) is 0. The zero-order valence-electron chi connectivity index (χ0n) is 10.4. The average molecular weight is 202 g/mol. The van der Waals surface area contributed by atoms with E-state index in [0.29, 0.717) is 10.8 Å². The van der Waals surface area contributed by atoms with E-state index in [1.165, 1.54) is 12.8 Å². The Bertz CT molecular complexity index is 358. The van der Waals surface area contributed by atoms with Crippen molar-refractivity contribution in [1.29, 1.82) is 0 Å². The van der Waals surface area contributed by atoms with Crippen molar-refractivity contribution in [2.45, 2.75) is 40.5 Å². The van der Waals surface area contributed by atoms with Crippen molar-refractivity contribution in [2.75, 3.05) is 0 Å². The molecule has 0 N–H and O–H groups in total. The number of hydrogen-bond acceptors (Lipinski definition) is 0. The molecule has 0 amide bonds. The minimum absolute atomic E-state index is 0.473. The minimum Gasteiger partial charge on any atom is -0.0840 e. The van der Waals surface area contributed by atoms with Gasteiger partial charge in [0, 0.05) is 0 Å². The van der Waals surface area contributed by atoms with Crippen LogP contribution in [0.1, 0.15) is 40.5 Å². The summed E-state index contributed by atoms with van der Waals surface area (Å²) in [6, 6.07) is 0. The second-order valence-corrected chi connectivity index (χ2v) is 6.62. The van der Waals surface area contributed by atoms with Crippen molar-refractivity contribution < 1.29 is 0 Å². The van der Waals surface area contributed by atoms with Gasteiger partial charge in [-0.3, -0.25) is 0 Å². The van der Waals surface area contributed by atoms with Gasteiger partial charge < -0.3 is 0 Å². The molecule has 0 aromatic carbocycles. The Hall–Kier alpha value is -0.520. The lowest BCUT2D eigenvalue weighted by atomic mass is 9.61. The topological polar surface area (TPSA) is 0 Å². The van der Waals surface area contributed by atoms with Gasteiger partial charge in [0.25, 0.3) is 0 Å². The quantitative estimate of drug-likeness (QED) is 0.552. The minimum atomic E-state index is 0.473. The molecule has 3 aliphatic rings. The van der Waals surface area contributed by atoms with E-state index in [1.807, 2.05) is 0 Å². The molecule has 3 rings (SSSR count). The zero-order chi connectivity index (χ0) is 10.8. The molecule has 0 unspecified atom stereocenters. The number of hydrogen-bond donors (Lipinski definition) is 0. The van der Waals surface area contributed by atoms with E-state index in [9.17, 15) is 0 Å². The predicted molar refractivity (Wildman–Crippen MR) is 64.5 cm³/mol. The number of rotatable bonds is 0. The van der Waals surface area contributed by atoms with Gasteiger partial charge in [0.15, 0.2) is 0 Å². The van der Waals surface area contributed by atoms with E-state index in [0.717, 1.165) is 17.8 Å². The zero-order valence-corrected chi connectivity index (χ0v) is 10.4. The van der Waals surface area contributed by atoms with Crippen LogP contribution in [0.3, 0.4) is 0 Å². The van der Waals surface area contributed by atoms with Crippen LogP contribution in [0.25, 0.3) is 0 Å². The highest BCUT2D eigenvalue weighted by atomic mass is 14.7. The first-order chi connectivity index (χ1) is 6.99. The molecule has 15 heavy (non-hydrogen) atoms. The summed E-state index contributed by atoms with van der Waals surface area (Å²) in [5.74, 6) is 2.72. The molecule has 0 aromatic rings. The van der Waals surface area contributed by atoms with E-state index in [4.69, 9.17) is 0 Å². The highest BCUT2D eigenvalue weighted by Crippen LogP contribution is 2.73. The molecule has 0 heterocycles. The maximum absolute atomic E-state index is 2.52. The van der Waals surface area contributed by atoms with Crippen LogP contribution < -0.4 is 0 Å². The van der Waals surface area contributed by atoms with Gasteiger partial charge in [-0.15, -0.1) is 0 Å². The summed E-state index contributed by atoms with van der Waals surface area (Å²) in [6.45, 7) is 9.89. The number of allylic oxidation sites excluding steroid dienone is 4. The Morgan fingerprint density at radius 1 is 1.20 bits per heavy atom. The van der Waals surface area contributed by atoms with Crippen molar-refractivity contribution in [2.24, 2.45) is 28.6 Å². The van der Waals surface area contributed by atoms with Gasteiger partial charge in [0.05, 0.1) is 0 Å². The summed E-state index contributed by atoms with van der Waals surface area (Å²) in [5.41, 5.74) is 2.70. The molecule has 4 atom stereocenters. The Morgan fingerprint density at radius 3 is 2.67 bits per heavy atom. The van der Waals surface area contributed by atoms with E-state index >= 15 is 0 Å². The fraction of sp³-hybridized carbons (Fsp3) is 0.733. The van der Waals surface area contributed by atoms with Gasteiger partial charge in [-0.1, -0.05) is 45.9 Å². The monoisotopic (exact) mass is 202 g/mol. The highest BCUT2D eigenvalue weighted by Gasteiger charge is 2.67. The lowest BCUT2D eigenvalue weighted by Gasteiger charge is -2.43. The molecule has 0 bridgehead atoms. The molecule has 3 aliphatic carbocycles. The normalized spacial score (nSPS) is 50.4. The van der Waals surface area contributed by atoms with Gasteiger partial charge in [-0.25, -0.2) is 0 Å². The van der Waals surface area contributed by atoms with Gasteiger partial charge in [0.2, 0.25) is 0 Å². The summed E-state index contributed by atoms with van der Waals surface area (Å²) < 4.78 is 0. The fourth-order valence-electron chi connectivity index (χ4n) is 4.51. The lowest BCUT2D eigenvalue weighted by molar-refractivity contribution is 0.180. The van der Waals surface area contributed by atoms with Gasteiger partial charge in [-0.05, 0) is 47.0 Å². The summed E-state index contributed by atoms with van der Waals surface area (Å²) >= 11 is 0. The largest absolute Gasteiger partial charge is 0.0840 e. The molecular formula is C15H22. The van der Waals surface area contributed by atoms with Crippen molar-refractivity contribution in [3.05, 3.63) is 23.8 Å². The van der Waals surface area contributed by atoms with Crippen LogP contribution in [0.2, 0.25) is 0 Å². The summed E-state index contributed by atoms with van der Waals surface area (Å²) in [7, 11) is 0. The van der Waals surface area contributed by atoms with E-state index in [-0.39, 0.29) is 0 Å². The van der Waals surface area contributed by atoms with Crippen molar-refractivity contribution in [3.63, 3.8) is 0 Å². The SMILES string of the molecule is C[C@@H]1CC=CC2=CC[C@@H]3[C@@H](C3(C)C)[C@]21C. The van der Waals surface area contributed by atoms with Crippen LogP contribution in [0.5, 0.6) is 0 Å². The fourth-order valence-corrected chi connectivity index (χ4v) is 4.51. The molecule has 0 saturated heterocycles. The Balaban J connectivity index is 2.08. The second kappa shape index (κ2) is 2.59. The highest BCUT2D eigenvalue weighted by molar-refractivity contribution is 5.39. The smallest absolute Gasteiger partial charge is 0.00136 e. The first-order valence-corrected chi connectivity index (χ1v) is 6.36. The molecule has 82 valence electrons. The van der Waals surface area contributed by atoms with E-state index in [2.05, 4.69) is 45.9 Å². The molecule has 0 aromatic heterocycles. The predicted octanol–water partition coefficient (Wildman–Crippen LogP) is 4.19. The molecule has 0 nitrogen and oxygen atoms in total. The van der Waals surface area contributed by atoms with Crippen molar-refractivity contribution in [1.82, 2.24) is 0 Å². The number of fused-ring (bicyclic) bond motifs is 3. The lowest BCUT2D eigenvalue weighted by Crippen LogP contribution is -2.34. The maximum Gasteiger partial charge on any atom is -0.00136 e. The van der Waals surface area contributed by atoms with Crippen LogP contribution in [0.4, 0.5) is 0 Å². The van der Waals surface area contributed by atoms with Crippen LogP contribution in [-0.4, -0.2) is 0 Å². The van der Waals surface area contributed by atoms with Crippen LogP contribution in [-0.2, 0) is 0 Å². The van der Waals surface area contributed by atoms with Crippen molar-refractivity contribution in [3.8, 4) is 0 Å². The molecule has 1 saturated carbocycles. The van der Waals surface area contributed by atoms with Crippen molar-refractivity contribution >= 4 is 0 Å². The second-order valence-electron chi connectivity index (χ2n) is 6.62. The standard InChI is InChI=1S/C15H22/c1-10-6-5-7-11-8-9-12-13(14(12,2)3)15(10,11)4/h5,7-8,10,12-13H,6,9H2,1-4H3/t10-,12-,13+,15+/m1/s1. The summed E-state index contributed by atoms with van der Waals surface area (Å²) in [6.07, 6.45) is 9.87. The maximum atomic E-state index is 2.52. The van der Waals surface area contributed by atoms with E-state index < -0.39 is 0 Å². The molecule has 0 radical (unpaired) electrons. The third kappa shape index (κ3) is 0.984. The third-order valence-corrected chi connectivity index (χ3v) is 5.72. The van der Waals surface area contributed by atoms with Crippen LogP contribution in [0.15, 0.2) is 23.8 Å². The van der Waals surface area contributed by atoms with Gasteiger partial charge in [0.1, 0.15) is 0 Å². The average Bonchev–Trinajstić information content (AvgIpc) is 2.73. The van der Waals surface area contributed by atoms with Crippen LogP contribution >= 0.6 is 0 Å². The molecular weight excluding hydrogens is 180 g/mol. The molecule has 0 spiro atoms.